The summed E-state index contributed by atoms with van der Waals surface area (Å²) in [5.41, 5.74) is 5.90. The normalized spacial score (nSPS) is 12.8. The van der Waals surface area contributed by atoms with E-state index >= 15 is 0 Å². The first kappa shape index (κ1) is 16.4. The van der Waals surface area contributed by atoms with E-state index in [2.05, 4.69) is 26.1 Å². The highest BCUT2D eigenvalue weighted by atomic mass is 16.1. The first-order valence-corrected chi connectivity index (χ1v) is 7.08. The van der Waals surface area contributed by atoms with Gasteiger partial charge in [-0.05, 0) is 18.8 Å². The fourth-order valence-electron chi connectivity index (χ4n) is 1.91. The average Bonchev–Trinajstić information content (AvgIpc) is 2.25. The van der Waals surface area contributed by atoms with Crippen molar-refractivity contribution in [2.75, 3.05) is 6.54 Å². The Morgan fingerprint density at radius 2 is 1.82 bits per heavy atom. The summed E-state index contributed by atoms with van der Waals surface area (Å²) in [6.07, 6.45) is 7.56. The van der Waals surface area contributed by atoms with Gasteiger partial charge in [0.15, 0.2) is 0 Å². The van der Waals surface area contributed by atoms with Crippen LogP contribution in [0.4, 0.5) is 0 Å². The van der Waals surface area contributed by atoms with Crippen LogP contribution in [-0.4, -0.2) is 18.5 Å². The predicted molar refractivity (Wildman–Crippen MR) is 73.8 cm³/mol. The molecule has 3 heteroatoms. The lowest BCUT2D eigenvalue weighted by Gasteiger charge is -2.14. The SMILES string of the molecule is CCCCCCCC(=O)NCC(N)CC(C)C. The number of amides is 1. The van der Waals surface area contributed by atoms with E-state index in [1.54, 1.807) is 0 Å². The van der Waals surface area contributed by atoms with Crippen molar-refractivity contribution >= 4 is 5.91 Å². The summed E-state index contributed by atoms with van der Waals surface area (Å²) >= 11 is 0. The van der Waals surface area contributed by atoms with Gasteiger partial charge in [0.2, 0.25) is 5.91 Å². The van der Waals surface area contributed by atoms with Gasteiger partial charge in [-0.3, -0.25) is 4.79 Å². The molecule has 0 aliphatic rings. The Morgan fingerprint density at radius 1 is 1.18 bits per heavy atom. The Bertz CT molecular complexity index is 193. The van der Waals surface area contributed by atoms with Gasteiger partial charge in [0.05, 0.1) is 0 Å². The second-order valence-electron chi connectivity index (χ2n) is 5.36. The number of hydrogen-bond donors (Lipinski definition) is 2. The van der Waals surface area contributed by atoms with Gasteiger partial charge in [0, 0.05) is 19.0 Å². The Hall–Kier alpha value is -0.570. The maximum atomic E-state index is 11.5. The van der Waals surface area contributed by atoms with Crippen molar-refractivity contribution in [2.24, 2.45) is 11.7 Å². The number of unbranched alkanes of at least 4 members (excludes halogenated alkanes) is 4. The van der Waals surface area contributed by atoms with Crippen LogP contribution in [0.2, 0.25) is 0 Å². The van der Waals surface area contributed by atoms with Crippen LogP contribution in [0.15, 0.2) is 0 Å². The maximum Gasteiger partial charge on any atom is 0.220 e. The third-order valence-electron chi connectivity index (χ3n) is 2.84. The smallest absolute Gasteiger partial charge is 0.220 e. The molecule has 0 aliphatic carbocycles. The summed E-state index contributed by atoms with van der Waals surface area (Å²) in [7, 11) is 0. The lowest BCUT2D eigenvalue weighted by molar-refractivity contribution is -0.121. The van der Waals surface area contributed by atoms with Crippen molar-refractivity contribution < 1.29 is 4.79 Å². The molecule has 0 aromatic heterocycles. The summed E-state index contributed by atoms with van der Waals surface area (Å²) in [5.74, 6) is 0.747. The predicted octanol–water partition coefficient (Wildman–Crippen LogP) is 2.84. The van der Waals surface area contributed by atoms with Gasteiger partial charge < -0.3 is 11.1 Å². The molecule has 0 aromatic carbocycles. The molecule has 17 heavy (non-hydrogen) atoms. The highest BCUT2D eigenvalue weighted by Crippen LogP contribution is 2.05. The highest BCUT2D eigenvalue weighted by molar-refractivity contribution is 5.75. The van der Waals surface area contributed by atoms with E-state index in [1.165, 1.54) is 25.7 Å². The van der Waals surface area contributed by atoms with Crippen molar-refractivity contribution in [2.45, 2.75) is 71.8 Å². The Morgan fingerprint density at radius 3 is 2.41 bits per heavy atom. The minimum atomic E-state index is 0.0963. The fraction of sp³-hybridized carbons (Fsp3) is 0.929. The van der Waals surface area contributed by atoms with Crippen LogP contribution < -0.4 is 11.1 Å². The molecule has 0 fully saturated rings. The minimum absolute atomic E-state index is 0.0963. The molecule has 102 valence electrons. The monoisotopic (exact) mass is 242 g/mol. The summed E-state index contributed by atoms with van der Waals surface area (Å²) < 4.78 is 0. The number of carbonyl (C=O) groups is 1. The van der Waals surface area contributed by atoms with E-state index in [4.69, 9.17) is 5.73 Å². The topological polar surface area (TPSA) is 55.1 Å². The van der Waals surface area contributed by atoms with Crippen molar-refractivity contribution in [1.82, 2.24) is 5.32 Å². The zero-order valence-electron chi connectivity index (χ0n) is 11.8. The van der Waals surface area contributed by atoms with Crippen LogP contribution >= 0.6 is 0 Å². The standard InChI is InChI=1S/C14H30N2O/c1-4-5-6-7-8-9-14(17)16-11-13(15)10-12(2)3/h12-13H,4-11,15H2,1-3H3,(H,16,17). The molecular weight excluding hydrogens is 212 g/mol. The first-order valence-electron chi connectivity index (χ1n) is 7.08. The van der Waals surface area contributed by atoms with Crippen LogP contribution in [0, 0.1) is 5.92 Å². The molecule has 0 heterocycles. The number of hydrogen-bond acceptors (Lipinski definition) is 2. The average molecular weight is 242 g/mol. The van der Waals surface area contributed by atoms with Gasteiger partial charge >= 0.3 is 0 Å². The third kappa shape index (κ3) is 11.7. The molecule has 0 saturated heterocycles. The maximum absolute atomic E-state index is 11.5. The molecule has 1 unspecified atom stereocenters. The molecule has 1 atom stereocenters. The lowest BCUT2D eigenvalue weighted by atomic mass is 10.0. The van der Waals surface area contributed by atoms with Crippen molar-refractivity contribution in [3.63, 3.8) is 0 Å². The molecular formula is C14H30N2O. The first-order chi connectivity index (χ1) is 8.06. The van der Waals surface area contributed by atoms with Gasteiger partial charge in [-0.1, -0.05) is 46.5 Å². The van der Waals surface area contributed by atoms with E-state index in [-0.39, 0.29) is 11.9 Å². The molecule has 0 aliphatic heterocycles. The van der Waals surface area contributed by atoms with Crippen molar-refractivity contribution in [3.05, 3.63) is 0 Å². The Labute approximate surface area is 107 Å². The van der Waals surface area contributed by atoms with E-state index in [9.17, 15) is 4.79 Å². The second-order valence-corrected chi connectivity index (χ2v) is 5.36. The molecule has 0 bridgehead atoms. The zero-order chi connectivity index (χ0) is 13.1. The lowest BCUT2D eigenvalue weighted by Crippen LogP contribution is -2.37. The number of nitrogens with two attached hydrogens (primary N) is 1. The molecule has 1 amide bonds. The second kappa shape index (κ2) is 10.6. The summed E-state index contributed by atoms with van der Waals surface area (Å²) in [5, 5.41) is 2.91. The van der Waals surface area contributed by atoms with Gasteiger partial charge in [-0.15, -0.1) is 0 Å². The third-order valence-corrected chi connectivity index (χ3v) is 2.84. The molecule has 0 rings (SSSR count). The highest BCUT2D eigenvalue weighted by Gasteiger charge is 2.07. The van der Waals surface area contributed by atoms with Crippen LogP contribution in [0.5, 0.6) is 0 Å². The fourth-order valence-corrected chi connectivity index (χ4v) is 1.91. The molecule has 0 spiro atoms. The molecule has 0 aromatic rings. The summed E-state index contributed by atoms with van der Waals surface area (Å²) in [6.45, 7) is 7.11. The quantitative estimate of drug-likeness (QED) is 0.579. The van der Waals surface area contributed by atoms with Crippen LogP contribution in [0.3, 0.4) is 0 Å². The van der Waals surface area contributed by atoms with Crippen molar-refractivity contribution in [1.29, 1.82) is 0 Å². The largest absolute Gasteiger partial charge is 0.355 e. The molecule has 0 radical (unpaired) electrons. The van der Waals surface area contributed by atoms with Gasteiger partial charge in [0.25, 0.3) is 0 Å². The van der Waals surface area contributed by atoms with E-state index in [0.29, 0.717) is 18.9 Å². The minimum Gasteiger partial charge on any atom is -0.355 e. The Balaban J connectivity index is 3.40. The van der Waals surface area contributed by atoms with Crippen LogP contribution in [0.1, 0.15) is 65.7 Å². The van der Waals surface area contributed by atoms with E-state index < -0.39 is 0 Å². The molecule has 0 saturated carbocycles. The number of nitrogens with one attached hydrogen (secondary N) is 1. The van der Waals surface area contributed by atoms with E-state index in [1.807, 2.05) is 0 Å². The van der Waals surface area contributed by atoms with Gasteiger partial charge in [0.1, 0.15) is 0 Å². The van der Waals surface area contributed by atoms with Gasteiger partial charge in [-0.2, -0.15) is 0 Å². The number of rotatable bonds is 10. The van der Waals surface area contributed by atoms with Crippen LogP contribution in [0.25, 0.3) is 0 Å². The van der Waals surface area contributed by atoms with Gasteiger partial charge in [-0.25, -0.2) is 0 Å². The zero-order valence-corrected chi connectivity index (χ0v) is 11.8. The summed E-state index contributed by atoms with van der Waals surface area (Å²) in [6, 6.07) is 0.0963. The van der Waals surface area contributed by atoms with E-state index in [0.717, 1.165) is 12.8 Å². The van der Waals surface area contributed by atoms with Crippen LogP contribution in [-0.2, 0) is 4.79 Å². The molecule has 3 nitrogen and oxygen atoms in total. The van der Waals surface area contributed by atoms with Crippen molar-refractivity contribution in [3.8, 4) is 0 Å². The summed E-state index contributed by atoms with van der Waals surface area (Å²) in [4.78, 5) is 11.5. The number of carbonyl (C=O) groups excluding carboxylic acids is 1. The Kier molecular flexibility index (Phi) is 10.2. The molecule has 3 N–H and O–H groups in total.